The van der Waals surface area contributed by atoms with Crippen LogP contribution in [0, 0.1) is 0 Å². The monoisotopic (exact) mass is 263 g/mol. The lowest BCUT2D eigenvalue weighted by molar-refractivity contribution is -0.135. The van der Waals surface area contributed by atoms with Crippen LogP contribution in [0.25, 0.3) is 0 Å². The highest BCUT2D eigenvalue weighted by molar-refractivity contribution is 5.96. The van der Waals surface area contributed by atoms with E-state index in [0.717, 1.165) is 0 Å². The standard InChI is InChI=1S/C13H17N3O3/c1-19-9-8-15-6-7-16(10-12(15)17)13(18)11-2-4-14-5-3-11/h2-5H,6-10H2,1H3. The summed E-state index contributed by atoms with van der Waals surface area (Å²) in [5.74, 6) is -0.159. The fourth-order valence-electron chi connectivity index (χ4n) is 2.00. The van der Waals surface area contributed by atoms with Gasteiger partial charge in [-0.2, -0.15) is 0 Å². The molecule has 0 saturated carbocycles. The van der Waals surface area contributed by atoms with Crippen molar-refractivity contribution in [2.45, 2.75) is 0 Å². The summed E-state index contributed by atoms with van der Waals surface area (Å²) >= 11 is 0. The molecule has 1 saturated heterocycles. The quantitative estimate of drug-likeness (QED) is 0.768. The molecule has 0 unspecified atom stereocenters. The Labute approximate surface area is 112 Å². The summed E-state index contributed by atoms with van der Waals surface area (Å²) in [6, 6.07) is 3.31. The van der Waals surface area contributed by atoms with Crippen LogP contribution in [0.15, 0.2) is 24.5 Å². The summed E-state index contributed by atoms with van der Waals surface area (Å²) < 4.78 is 4.96. The number of amides is 2. The summed E-state index contributed by atoms with van der Waals surface area (Å²) in [6.07, 6.45) is 3.15. The predicted octanol–water partition coefficient (Wildman–Crippen LogP) is 0.0124. The number of piperazine rings is 1. The Balaban J connectivity index is 1.95. The van der Waals surface area contributed by atoms with Gasteiger partial charge < -0.3 is 14.5 Å². The Morgan fingerprint density at radius 2 is 2.11 bits per heavy atom. The third kappa shape index (κ3) is 3.29. The number of carbonyl (C=O) groups is 2. The molecule has 2 amide bonds. The van der Waals surface area contributed by atoms with E-state index >= 15 is 0 Å². The van der Waals surface area contributed by atoms with E-state index in [1.165, 1.54) is 0 Å². The average molecular weight is 263 g/mol. The van der Waals surface area contributed by atoms with E-state index in [2.05, 4.69) is 4.98 Å². The van der Waals surface area contributed by atoms with E-state index in [0.29, 0.717) is 31.8 Å². The third-order valence-corrected chi connectivity index (χ3v) is 3.10. The second-order valence-corrected chi connectivity index (χ2v) is 4.34. The topological polar surface area (TPSA) is 62.7 Å². The van der Waals surface area contributed by atoms with Gasteiger partial charge in [0.1, 0.15) is 6.54 Å². The molecule has 1 aliphatic heterocycles. The minimum atomic E-state index is -0.123. The number of pyridine rings is 1. The zero-order valence-electron chi connectivity index (χ0n) is 10.9. The highest BCUT2D eigenvalue weighted by atomic mass is 16.5. The SMILES string of the molecule is COCCN1CCN(C(=O)c2ccncc2)CC1=O. The molecule has 2 rings (SSSR count). The molecular weight excluding hydrogens is 246 g/mol. The second-order valence-electron chi connectivity index (χ2n) is 4.34. The number of nitrogens with zero attached hydrogens (tertiary/aromatic N) is 3. The van der Waals surface area contributed by atoms with Crippen LogP contribution in [0.1, 0.15) is 10.4 Å². The van der Waals surface area contributed by atoms with E-state index in [4.69, 9.17) is 4.74 Å². The fraction of sp³-hybridized carbons (Fsp3) is 0.462. The van der Waals surface area contributed by atoms with Gasteiger partial charge >= 0.3 is 0 Å². The molecule has 1 aliphatic rings. The Morgan fingerprint density at radius 1 is 1.37 bits per heavy atom. The fourth-order valence-corrected chi connectivity index (χ4v) is 2.00. The Hall–Kier alpha value is -1.95. The molecule has 0 N–H and O–H groups in total. The number of ether oxygens (including phenoxy) is 1. The maximum Gasteiger partial charge on any atom is 0.254 e. The molecule has 0 aromatic carbocycles. The zero-order valence-corrected chi connectivity index (χ0v) is 10.9. The second kappa shape index (κ2) is 6.29. The van der Waals surface area contributed by atoms with E-state index in [-0.39, 0.29) is 18.4 Å². The summed E-state index contributed by atoms with van der Waals surface area (Å²) in [4.78, 5) is 31.2. The van der Waals surface area contributed by atoms with Crippen molar-refractivity contribution >= 4 is 11.8 Å². The molecule has 0 radical (unpaired) electrons. The van der Waals surface area contributed by atoms with E-state index < -0.39 is 0 Å². The molecule has 6 nitrogen and oxygen atoms in total. The van der Waals surface area contributed by atoms with Gasteiger partial charge in [0.2, 0.25) is 5.91 Å². The van der Waals surface area contributed by atoms with E-state index in [9.17, 15) is 9.59 Å². The smallest absolute Gasteiger partial charge is 0.254 e. The molecule has 0 spiro atoms. The van der Waals surface area contributed by atoms with E-state index in [1.807, 2.05) is 0 Å². The van der Waals surface area contributed by atoms with Gasteiger partial charge in [-0.15, -0.1) is 0 Å². The number of aromatic nitrogens is 1. The van der Waals surface area contributed by atoms with Crippen LogP contribution < -0.4 is 0 Å². The molecule has 19 heavy (non-hydrogen) atoms. The molecular formula is C13H17N3O3. The lowest BCUT2D eigenvalue weighted by Gasteiger charge is -2.34. The van der Waals surface area contributed by atoms with Gasteiger partial charge in [-0.1, -0.05) is 0 Å². The summed E-state index contributed by atoms with van der Waals surface area (Å²) in [6.45, 7) is 2.33. The third-order valence-electron chi connectivity index (χ3n) is 3.10. The van der Waals surface area contributed by atoms with Gasteiger partial charge in [-0.3, -0.25) is 14.6 Å². The minimum absolute atomic E-state index is 0.0364. The molecule has 102 valence electrons. The van der Waals surface area contributed by atoms with Crippen molar-refractivity contribution in [3.05, 3.63) is 30.1 Å². The number of carbonyl (C=O) groups excluding carboxylic acids is 2. The van der Waals surface area contributed by atoms with Gasteiger partial charge in [0.15, 0.2) is 0 Å². The number of hydrogen-bond acceptors (Lipinski definition) is 4. The summed E-state index contributed by atoms with van der Waals surface area (Å²) in [7, 11) is 1.60. The van der Waals surface area contributed by atoms with Crippen molar-refractivity contribution < 1.29 is 14.3 Å². The molecule has 2 heterocycles. The Bertz CT molecular complexity index is 450. The van der Waals surface area contributed by atoms with Gasteiger partial charge in [-0.25, -0.2) is 0 Å². The highest BCUT2D eigenvalue weighted by Gasteiger charge is 2.27. The molecule has 1 aromatic rings. The summed E-state index contributed by atoms with van der Waals surface area (Å²) in [5, 5.41) is 0. The van der Waals surface area contributed by atoms with Crippen molar-refractivity contribution in [3.63, 3.8) is 0 Å². The maximum absolute atomic E-state index is 12.2. The molecule has 1 fully saturated rings. The van der Waals surface area contributed by atoms with Crippen LogP contribution in [0.4, 0.5) is 0 Å². The van der Waals surface area contributed by atoms with Crippen LogP contribution in [0.3, 0.4) is 0 Å². The first-order valence-electron chi connectivity index (χ1n) is 6.18. The van der Waals surface area contributed by atoms with Crippen molar-refractivity contribution in [2.75, 3.05) is 39.9 Å². The summed E-state index contributed by atoms with van der Waals surface area (Å²) in [5.41, 5.74) is 0.563. The first kappa shape index (κ1) is 13.5. The molecule has 0 bridgehead atoms. The van der Waals surface area contributed by atoms with E-state index in [1.54, 1.807) is 41.4 Å². The van der Waals surface area contributed by atoms with Gasteiger partial charge in [0.05, 0.1) is 6.61 Å². The highest BCUT2D eigenvalue weighted by Crippen LogP contribution is 2.08. The zero-order chi connectivity index (χ0) is 13.7. The Morgan fingerprint density at radius 3 is 2.74 bits per heavy atom. The number of rotatable bonds is 4. The molecule has 0 atom stereocenters. The largest absolute Gasteiger partial charge is 0.383 e. The van der Waals surface area contributed by atoms with Gasteiger partial charge in [0, 0.05) is 44.7 Å². The van der Waals surface area contributed by atoms with Gasteiger partial charge in [0.25, 0.3) is 5.91 Å². The molecule has 6 heteroatoms. The molecule has 0 aliphatic carbocycles. The first-order valence-corrected chi connectivity index (χ1v) is 6.18. The molecule has 1 aromatic heterocycles. The lowest BCUT2D eigenvalue weighted by atomic mass is 10.2. The van der Waals surface area contributed by atoms with Crippen LogP contribution >= 0.6 is 0 Å². The van der Waals surface area contributed by atoms with Crippen LogP contribution in [0.2, 0.25) is 0 Å². The van der Waals surface area contributed by atoms with Crippen molar-refractivity contribution in [1.82, 2.24) is 14.8 Å². The maximum atomic E-state index is 12.2. The average Bonchev–Trinajstić information content (AvgIpc) is 2.46. The van der Waals surface area contributed by atoms with Crippen molar-refractivity contribution in [3.8, 4) is 0 Å². The van der Waals surface area contributed by atoms with Crippen LogP contribution in [0.5, 0.6) is 0 Å². The number of hydrogen-bond donors (Lipinski definition) is 0. The van der Waals surface area contributed by atoms with Crippen molar-refractivity contribution in [2.24, 2.45) is 0 Å². The van der Waals surface area contributed by atoms with Crippen LogP contribution in [-0.2, 0) is 9.53 Å². The minimum Gasteiger partial charge on any atom is -0.383 e. The first-order chi connectivity index (χ1) is 9.22. The van der Waals surface area contributed by atoms with Crippen molar-refractivity contribution in [1.29, 1.82) is 0 Å². The number of methoxy groups -OCH3 is 1. The predicted molar refractivity (Wildman–Crippen MR) is 68.6 cm³/mol. The normalized spacial score (nSPS) is 15.7. The van der Waals surface area contributed by atoms with Gasteiger partial charge in [-0.05, 0) is 12.1 Å². The Kier molecular flexibility index (Phi) is 4.46. The van der Waals surface area contributed by atoms with Crippen LogP contribution in [-0.4, -0.2) is 66.5 Å². The lowest BCUT2D eigenvalue weighted by Crippen LogP contribution is -2.52.